The molecule has 0 spiro atoms. The standard InChI is InChI=1S/C26H19F.C16H15F.5C12H11N/c1-18-12-14-22-23-15-13-21(27)17-25(23)26(24(22)16-18,19-8-4-2-5-9-19)20-10-6-3-7-11-20;1-10-4-6-12-13-7-5-11(17)9-15(13)16(2,3)14(12)8-10;1-10-6-5-9-13-12(10)11-7-3-2-4-8-11;1-10-6-5-9-12(13-10)11-7-3-2-4-8-11;1-10-7-8-13-12(9-10)11-5-3-2-4-6-11;2*1-10-7-8-12(13-9-10)11-5-3-2-4-6-11/h2-17H,1H3;4-9H,1-3H3;5*2-9H,1H3. The van der Waals surface area contributed by atoms with Crippen LogP contribution in [0, 0.1) is 60.1 Å². The van der Waals surface area contributed by atoms with Crippen LogP contribution in [0.4, 0.5) is 8.78 Å². The van der Waals surface area contributed by atoms with Crippen LogP contribution in [-0.2, 0) is 10.8 Å². The van der Waals surface area contributed by atoms with Crippen molar-refractivity contribution in [1.29, 1.82) is 0 Å². The van der Waals surface area contributed by atoms with Gasteiger partial charge in [0.15, 0.2) is 0 Å². The van der Waals surface area contributed by atoms with E-state index in [0.29, 0.717) is 0 Å². The first kappa shape index (κ1) is 75.7. The topological polar surface area (TPSA) is 64.5 Å². The third-order valence-corrected chi connectivity index (χ3v) is 19.4. The van der Waals surface area contributed by atoms with Gasteiger partial charge in [-0.1, -0.05) is 310 Å². The highest BCUT2D eigenvalue weighted by molar-refractivity contribution is 5.87. The van der Waals surface area contributed by atoms with Crippen molar-refractivity contribution in [3.63, 3.8) is 0 Å². The van der Waals surface area contributed by atoms with Gasteiger partial charge in [0.05, 0.1) is 33.9 Å². The highest BCUT2D eigenvalue weighted by Crippen LogP contribution is 2.56. The fraction of sp³-hybridized carbons (Fsp3) is 0.108. The number of nitrogens with zero attached hydrogens (tertiary/aromatic N) is 5. The van der Waals surface area contributed by atoms with Crippen LogP contribution in [0.1, 0.15) is 86.3 Å². The van der Waals surface area contributed by atoms with Gasteiger partial charge in [-0.3, -0.25) is 24.9 Å². The Morgan fingerprint density at radius 3 is 1.07 bits per heavy atom. The third kappa shape index (κ3) is 18.6. The van der Waals surface area contributed by atoms with Crippen LogP contribution in [-0.4, -0.2) is 24.9 Å². The van der Waals surface area contributed by atoms with Gasteiger partial charge in [0, 0.05) is 63.7 Å². The third-order valence-electron chi connectivity index (χ3n) is 19.4. The Kier molecular flexibility index (Phi) is 24.9. The van der Waals surface area contributed by atoms with E-state index < -0.39 is 5.41 Å². The second-order valence-electron chi connectivity index (χ2n) is 27.9. The Bertz CT molecular complexity index is 5280. The lowest BCUT2D eigenvalue weighted by Gasteiger charge is -2.34. The summed E-state index contributed by atoms with van der Waals surface area (Å²) in [4.78, 5) is 21.8. The van der Waals surface area contributed by atoms with Gasteiger partial charge in [0.25, 0.3) is 0 Å². The van der Waals surface area contributed by atoms with Gasteiger partial charge in [-0.05, 0) is 193 Å². The van der Waals surface area contributed by atoms with Gasteiger partial charge in [-0.25, -0.2) is 8.78 Å². The average Bonchev–Trinajstić information content (AvgIpc) is 1.55. The van der Waals surface area contributed by atoms with Gasteiger partial charge in [-0.2, -0.15) is 0 Å². The molecule has 0 radical (unpaired) electrons. The van der Waals surface area contributed by atoms with Crippen molar-refractivity contribution in [3.05, 3.63) is 461 Å². The molecule has 16 aromatic rings. The van der Waals surface area contributed by atoms with E-state index in [-0.39, 0.29) is 17.0 Å². The molecule has 0 aliphatic heterocycles. The predicted molar refractivity (Wildman–Crippen MR) is 449 cm³/mol. The summed E-state index contributed by atoms with van der Waals surface area (Å²) in [7, 11) is 0. The zero-order chi connectivity index (χ0) is 76.1. The van der Waals surface area contributed by atoms with Gasteiger partial charge in [-0.15, -0.1) is 0 Å². The average molecular weight is 1420 g/mol. The first-order valence-corrected chi connectivity index (χ1v) is 36.9. The molecule has 5 aromatic heterocycles. The maximum absolute atomic E-state index is 14.4. The van der Waals surface area contributed by atoms with E-state index >= 15 is 0 Å². The van der Waals surface area contributed by atoms with Crippen LogP contribution in [0.5, 0.6) is 0 Å². The maximum Gasteiger partial charge on any atom is 0.123 e. The zero-order valence-electron chi connectivity index (χ0n) is 63.3. The molecular formula is C102H89F2N5. The lowest BCUT2D eigenvalue weighted by molar-refractivity contribution is 0.609. The summed E-state index contributed by atoms with van der Waals surface area (Å²) in [6, 6.07) is 118. The molecule has 5 nitrogen and oxygen atoms in total. The number of rotatable bonds is 7. The molecule has 0 saturated heterocycles. The smallest absolute Gasteiger partial charge is 0.123 e. The Balaban J connectivity index is 0.000000121. The molecule has 0 unspecified atom stereocenters. The molecule has 7 heteroatoms. The summed E-state index contributed by atoms with van der Waals surface area (Å²) in [5, 5.41) is 0. The van der Waals surface area contributed by atoms with Crippen molar-refractivity contribution in [1.82, 2.24) is 24.9 Å². The summed E-state index contributed by atoms with van der Waals surface area (Å²) in [6.45, 7) is 18.8. The van der Waals surface area contributed by atoms with Crippen LogP contribution >= 0.6 is 0 Å². The number of aryl methyl sites for hydroxylation is 7. The normalized spacial score (nSPS) is 11.8. The lowest BCUT2D eigenvalue weighted by atomic mass is 9.67. The summed E-state index contributed by atoms with van der Waals surface area (Å²) in [5.41, 5.74) is 30.5. The summed E-state index contributed by atoms with van der Waals surface area (Å²) < 4.78 is 27.8. The summed E-state index contributed by atoms with van der Waals surface area (Å²) >= 11 is 0. The Labute approximate surface area is 642 Å². The molecule has 5 heterocycles. The van der Waals surface area contributed by atoms with Crippen LogP contribution in [0.2, 0.25) is 0 Å². The highest BCUT2D eigenvalue weighted by atomic mass is 19.1. The van der Waals surface area contributed by atoms with E-state index in [1.807, 2.05) is 203 Å². The molecule has 536 valence electrons. The summed E-state index contributed by atoms with van der Waals surface area (Å²) in [5.74, 6) is -0.351. The minimum Gasteiger partial charge on any atom is -0.256 e. The Hall–Kier alpha value is -13.0. The van der Waals surface area contributed by atoms with E-state index in [1.54, 1.807) is 24.3 Å². The molecule has 11 aromatic carbocycles. The molecule has 18 rings (SSSR count). The quantitative estimate of drug-likeness (QED) is 0.159. The minimum absolute atomic E-state index is 0.0984. The molecule has 0 N–H and O–H groups in total. The fourth-order valence-electron chi connectivity index (χ4n) is 13.9. The summed E-state index contributed by atoms with van der Waals surface area (Å²) in [6.07, 6.45) is 7.46. The number of hydrogen-bond acceptors (Lipinski definition) is 5. The molecule has 2 aliphatic carbocycles. The highest BCUT2D eigenvalue weighted by Gasteiger charge is 2.46. The van der Waals surface area contributed by atoms with E-state index in [1.165, 1.54) is 89.0 Å². The molecule has 0 fully saturated rings. The monoisotopic (exact) mass is 1420 g/mol. The van der Waals surface area contributed by atoms with Crippen LogP contribution < -0.4 is 0 Å². The van der Waals surface area contributed by atoms with Crippen molar-refractivity contribution in [2.24, 2.45) is 0 Å². The predicted octanol–water partition coefficient (Wildman–Crippen LogP) is 26.2. The number of pyridine rings is 5. The molecule has 109 heavy (non-hydrogen) atoms. The molecule has 0 amide bonds. The van der Waals surface area contributed by atoms with E-state index in [2.05, 4.69) is 236 Å². The van der Waals surface area contributed by atoms with Crippen molar-refractivity contribution in [2.75, 3.05) is 0 Å². The molecular weight excluding hydrogens is 1330 g/mol. The van der Waals surface area contributed by atoms with Crippen LogP contribution in [0.3, 0.4) is 0 Å². The van der Waals surface area contributed by atoms with Crippen molar-refractivity contribution in [2.45, 2.75) is 73.1 Å². The van der Waals surface area contributed by atoms with Gasteiger partial charge < -0.3 is 0 Å². The van der Waals surface area contributed by atoms with Crippen molar-refractivity contribution in [3.8, 4) is 78.5 Å². The Morgan fingerprint density at radius 1 is 0.257 bits per heavy atom. The van der Waals surface area contributed by atoms with E-state index in [0.717, 1.165) is 62.0 Å². The maximum atomic E-state index is 14.4. The minimum atomic E-state index is -0.513. The molecule has 0 atom stereocenters. The van der Waals surface area contributed by atoms with Gasteiger partial charge >= 0.3 is 0 Å². The molecule has 2 aliphatic rings. The second kappa shape index (κ2) is 35.9. The number of hydrogen-bond donors (Lipinski definition) is 0. The first-order valence-electron chi connectivity index (χ1n) is 36.9. The first-order chi connectivity index (χ1) is 53.0. The van der Waals surface area contributed by atoms with Gasteiger partial charge in [0.2, 0.25) is 0 Å². The fourth-order valence-corrected chi connectivity index (χ4v) is 13.9. The van der Waals surface area contributed by atoms with Crippen molar-refractivity contribution >= 4 is 0 Å². The zero-order valence-corrected chi connectivity index (χ0v) is 63.3. The Morgan fingerprint density at radius 2 is 0.633 bits per heavy atom. The van der Waals surface area contributed by atoms with Crippen LogP contribution in [0.15, 0.2) is 377 Å². The van der Waals surface area contributed by atoms with E-state index in [9.17, 15) is 8.78 Å². The molecule has 0 saturated carbocycles. The largest absolute Gasteiger partial charge is 0.256 e. The second-order valence-corrected chi connectivity index (χ2v) is 27.9. The van der Waals surface area contributed by atoms with Crippen molar-refractivity contribution < 1.29 is 8.78 Å². The number of aromatic nitrogens is 5. The van der Waals surface area contributed by atoms with Crippen LogP contribution in [0.25, 0.3) is 78.5 Å². The number of fused-ring (bicyclic) bond motifs is 6. The van der Waals surface area contributed by atoms with Gasteiger partial charge in [0.1, 0.15) is 11.6 Å². The number of halogens is 2. The molecule has 0 bridgehead atoms. The number of benzene rings is 11. The SMILES string of the molecule is Cc1ccc(-c2ccccc2)nc1.Cc1ccc(-c2ccccc2)nc1.Cc1ccc2c(c1)C(C)(C)c1cc(F)ccc1-2.Cc1ccc2c(c1)C(c1ccccc1)(c1ccccc1)c1cc(F)ccc1-2.Cc1cccc(-c2ccccc2)n1.Cc1cccnc1-c1ccccc1.Cc1ccnc(-c2ccccc2)c1. The van der Waals surface area contributed by atoms with E-state index in [4.69, 9.17) is 0 Å². The lowest BCUT2D eigenvalue weighted by Crippen LogP contribution is -2.28.